The molecule has 7 nitrogen and oxygen atoms in total. The van der Waals surface area contributed by atoms with Gasteiger partial charge in [-0.15, -0.1) is 0 Å². The van der Waals surface area contributed by atoms with Crippen molar-refractivity contribution in [2.75, 3.05) is 30.0 Å². The van der Waals surface area contributed by atoms with E-state index in [1.165, 1.54) is 0 Å². The highest BCUT2D eigenvalue weighted by Crippen LogP contribution is 2.32. The molecule has 1 aliphatic heterocycles. The third-order valence-corrected chi connectivity index (χ3v) is 6.07. The van der Waals surface area contributed by atoms with Gasteiger partial charge in [0, 0.05) is 37.2 Å². The largest absolute Gasteiger partial charge is 0.382 e. The first kappa shape index (κ1) is 21.5. The number of para-hydroxylation sites is 3. The highest BCUT2D eigenvalue weighted by atomic mass is 79.9. The molecule has 1 aromatic heterocycles. The number of fused-ring (bicyclic) bond motifs is 1. The summed E-state index contributed by atoms with van der Waals surface area (Å²) < 4.78 is 8.30. The molecule has 2 heterocycles. The van der Waals surface area contributed by atoms with Crippen LogP contribution in [0.2, 0.25) is 0 Å². The highest BCUT2D eigenvalue weighted by molar-refractivity contribution is 9.10. The molecule has 0 aliphatic carbocycles. The molecule has 1 saturated heterocycles. The second-order valence-corrected chi connectivity index (χ2v) is 8.33. The minimum absolute atomic E-state index is 0.0581. The average Bonchev–Trinajstić information content (AvgIpc) is 3.32. The summed E-state index contributed by atoms with van der Waals surface area (Å²) in [6.45, 7) is 4.32. The Labute approximate surface area is 189 Å². The molecule has 1 atom stereocenters. The Morgan fingerprint density at radius 2 is 2.00 bits per heavy atom. The van der Waals surface area contributed by atoms with Gasteiger partial charge in [-0.05, 0) is 53.5 Å². The van der Waals surface area contributed by atoms with E-state index in [4.69, 9.17) is 4.74 Å². The maximum Gasteiger partial charge on any atom is 0.232 e. The molecule has 1 N–H and O–H groups in total. The average molecular weight is 485 g/mol. The number of hydrogen-bond donors (Lipinski definition) is 1. The maximum atomic E-state index is 13.0. The quantitative estimate of drug-likeness (QED) is 0.485. The lowest BCUT2D eigenvalue weighted by Crippen LogP contribution is -2.29. The molecule has 3 aromatic rings. The third kappa shape index (κ3) is 4.65. The van der Waals surface area contributed by atoms with Gasteiger partial charge in [0.25, 0.3) is 0 Å². The number of aryl methyl sites for hydroxylation is 1. The second-order valence-electron chi connectivity index (χ2n) is 7.47. The number of amides is 2. The molecule has 4 rings (SSSR count). The predicted molar refractivity (Wildman–Crippen MR) is 124 cm³/mol. The second kappa shape index (κ2) is 9.62. The smallest absolute Gasteiger partial charge is 0.232 e. The molecule has 31 heavy (non-hydrogen) atoms. The monoisotopic (exact) mass is 484 g/mol. The van der Waals surface area contributed by atoms with Crippen molar-refractivity contribution >= 4 is 50.4 Å². The summed E-state index contributed by atoms with van der Waals surface area (Å²) in [6, 6.07) is 15.3. The maximum absolute atomic E-state index is 13.0. The number of rotatable bonds is 8. The Bertz CT molecular complexity index is 1100. The number of carbonyl (C=O) groups excluding carboxylic acids is 2. The lowest BCUT2D eigenvalue weighted by Gasteiger charge is -2.18. The molecule has 0 bridgehead atoms. The summed E-state index contributed by atoms with van der Waals surface area (Å²) in [6.07, 6.45) is 0.993. The van der Waals surface area contributed by atoms with Crippen LogP contribution in [0.5, 0.6) is 0 Å². The van der Waals surface area contributed by atoms with Crippen molar-refractivity contribution in [3.05, 3.63) is 53.0 Å². The fourth-order valence-corrected chi connectivity index (χ4v) is 4.36. The molecule has 1 aliphatic rings. The molecule has 8 heteroatoms. The third-order valence-electron chi connectivity index (χ3n) is 5.40. The fourth-order valence-electron chi connectivity index (χ4n) is 3.87. The van der Waals surface area contributed by atoms with Crippen LogP contribution < -0.4 is 10.2 Å². The number of aromatic nitrogens is 2. The summed E-state index contributed by atoms with van der Waals surface area (Å²) in [5.74, 6) is -0.174. The van der Waals surface area contributed by atoms with Gasteiger partial charge in [-0.25, -0.2) is 4.98 Å². The van der Waals surface area contributed by atoms with E-state index in [9.17, 15) is 9.59 Å². The van der Waals surface area contributed by atoms with Crippen LogP contribution in [-0.4, -0.2) is 41.1 Å². The van der Waals surface area contributed by atoms with Gasteiger partial charge in [0.05, 0.1) is 22.6 Å². The zero-order valence-corrected chi connectivity index (χ0v) is 19.0. The number of ether oxygens (including phenoxy) is 1. The van der Waals surface area contributed by atoms with E-state index in [0.717, 1.165) is 27.6 Å². The molecule has 1 unspecified atom stereocenters. The van der Waals surface area contributed by atoms with Crippen LogP contribution in [0.3, 0.4) is 0 Å². The van der Waals surface area contributed by atoms with Gasteiger partial charge in [0.2, 0.25) is 17.8 Å². The first-order valence-corrected chi connectivity index (χ1v) is 11.3. The predicted octanol–water partition coefficient (Wildman–Crippen LogP) is 4.22. The van der Waals surface area contributed by atoms with E-state index >= 15 is 0 Å². The summed E-state index contributed by atoms with van der Waals surface area (Å²) in [7, 11) is 0. The van der Waals surface area contributed by atoms with Crippen molar-refractivity contribution in [2.45, 2.75) is 26.3 Å². The van der Waals surface area contributed by atoms with Gasteiger partial charge in [-0.1, -0.05) is 24.3 Å². The van der Waals surface area contributed by atoms with Crippen LogP contribution in [0.25, 0.3) is 11.0 Å². The summed E-state index contributed by atoms with van der Waals surface area (Å²) >= 11 is 3.49. The first-order valence-electron chi connectivity index (χ1n) is 10.5. The molecule has 0 spiro atoms. The lowest BCUT2D eigenvalue weighted by molar-refractivity contribution is -0.122. The fraction of sp³-hybridized carbons (Fsp3) is 0.348. The summed E-state index contributed by atoms with van der Waals surface area (Å²) in [4.78, 5) is 31.9. The zero-order chi connectivity index (χ0) is 21.8. The van der Waals surface area contributed by atoms with Crippen LogP contribution in [0.15, 0.2) is 53.0 Å². The van der Waals surface area contributed by atoms with Crippen molar-refractivity contribution in [1.29, 1.82) is 0 Å². The standard InChI is InChI=1S/C23H25BrN4O3/c1-2-31-13-7-12-27-20-11-6-4-9-18(20)25-23(27)26-22(30)16-14-21(29)28(15-16)19-10-5-3-8-17(19)24/h3-6,8-11,16H,2,7,12-15H2,1H3,(H,25,26,30). The number of imidazole rings is 1. The molecule has 162 valence electrons. The zero-order valence-electron chi connectivity index (χ0n) is 17.4. The Hall–Kier alpha value is -2.71. The minimum atomic E-state index is -0.434. The van der Waals surface area contributed by atoms with Crippen LogP contribution in [0.1, 0.15) is 19.8 Å². The van der Waals surface area contributed by atoms with Gasteiger partial charge in [-0.3, -0.25) is 14.9 Å². The van der Waals surface area contributed by atoms with Crippen molar-refractivity contribution in [2.24, 2.45) is 5.92 Å². The van der Waals surface area contributed by atoms with Crippen molar-refractivity contribution in [3.63, 3.8) is 0 Å². The number of nitrogens with zero attached hydrogens (tertiary/aromatic N) is 3. The van der Waals surface area contributed by atoms with E-state index in [1.807, 2.05) is 60.0 Å². The van der Waals surface area contributed by atoms with Crippen LogP contribution in [0, 0.1) is 5.92 Å². The number of benzene rings is 2. The molecular formula is C23H25BrN4O3. The minimum Gasteiger partial charge on any atom is -0.382 e. The molecule has 1 fully saturated rings. The molecule has 0 saturated carbocycles. The van der Waals surface area contributed by atoms with E-state index in [-0.39, 0.29) is 18.2 Å². The Balaban J connectivity index is 1.51. The number of halogens is 1. The number of nitrogens with one attached hydrogen (secondary N) is 1. The molecule has 2 aromatic carbocycles. The lowest BCUT2D eigenvalue weighted by atomic mass is 10.1. The van der Waals surface area contributed by atoms with Gasteiger partial charge in [0.1, 0.15) is 0 Å². The van der Waals surface area contributed by atoms with Crippen molar-refractivity contribution in [1.82, 2.24) is 9.55 Å². The SMILES string of the molecule is CCOCCCn1c(NC(=O)C2CC(=O)N(c3ccccc3Br)C2)nc2ccccc21. The molecule has 0 radical (unpaired) electrons. The van der Waals surface area contributed by atoms with E-state index < -0.39 is 5.92 Å². The summed E-state index contributed by atoms with van der Waals surface area (Å²) in [5, 5.41) is 2.97. The molecule has 2 amide bonds. The summed E-state index contributed by atoms with van der Waals surface area (Å²) in [5.41, 5.74) is 2.57. The first-order chi connectivity index (χ1) is 15.1. The van der Waals surface area contributed by atoms with E-state index in [0.29, 0.717) is 32.3 Å². The number of carbonyl (C=O) groups is 2. The van der Waals surface area contributed by atoms with Crippen molar-refractivity contribution in [3.8, 4) is 0 Å². The van der Waals surface area contributed by atoms with Gasteiger partial charge in [-0.2, -0.15) is 0 Å². The Morgan fingerprint density at radius 3 is 2.81 bits per heavy atom. The van der Waals surface area contributed by atoms with E-state index in [1.54, 1.807) is 4.90 Å². The van der Waals surface area contributed by atoms with Gasteiger partial charge in [0.15, 0.2) is 0 Å². The normalized spacial score (nSPS) is 16.3. The van der Waals surface area contributed by atoms with Crippen molar-refractivity contribution < 1.29 is 14.3 Å². The van der Waals surface area contributed by atoms with Gasteiger partial charge >= 0.3 is 0 Å². The number of anilines is 2. The van der Waals surface area contributed by atoms with Crippen LogP contribution >= 0.6 is 15.9 Å². The van der Waals surface area contributed by atoms with E-state index in [2.05, 4.69) is 26.2 Å². The highest BCUT2D eigenvalue weighted by Gasteiger charge is 2.36. The molecular weight excluding hydrogens is 460 g/mol. The number of hydrogen-bond acceptors (Lipinski definition) is 4. The topological polar surface area (TPSA) is 76.5 Å². The Morgan fingerprint density at radius 1 is 1.23 bits per heavy atom. The van der Waals surface area contributed by atoms with Gasteiger partial charge < -0.3 is 14.2 Å². The van der Waals surface area contributed by atoms with Crippen LogP contribution in [-0.2, 0) is 20.9 Å². The van der Waals surface area contributed by atoms with Crippen LogP contribution in [0.4, 0.5) is 11.6 Å². The Kier molecular flexibility index (Phi) is 6.67.